The van der Waals surface area contributed by atoms with E-state index in [4.69, 9.17) is 16.7 Å². The van der Waals surface area contributed by atoms with Crippen LogP contribution in [0.5, 0.6) is 0 Å². The van der Waals surface area contributed by atoms with Gasteiger partial charge < -0.3 is 10.6 Å². The van der Waals surface area contributed by atoms with Crippen LogP contribution >= 0.6 is 11.6 Å². The third-order valence-electron chi connectivity index (χ3n) is 3.21. The molecule has 0 aliphatic rings. The SMILES string of the molecule is NS(=O)(=O)c1ccc(CNc2nc(Nc3cn[nH]c3)ncc2Cl)cc1. The summed E-state index contributed by atoms with van der Waals surface area (Å²) < 4.78 is 22.5. The van der Waals surface area contributed by atoms with Crippen LogP contribution in [0.2, 0.25) is 5.02 Å². The van der Waals surface area contributed by atoms with Crippen LogP contribution in [0, 0.1) is 0 Å². The minimum Gasteiger partial charge on any atom is -0.365 e. The molecule has 0 aliphatic carbocycles. The lowest BCUT2D eigenvalue weighted by Crippen LogP contribution is -2.12. The average Bonchev–Trinajstić information content (AvgIpc) is 3.08. The first-order valence-electron chi connectivity index (χ1n) is 7.06. The number of hydrogen-bond donors (Lipinski definition) is 4. The summed E-state index contributed by atoms with van der Waals surface area (Å²) in [5, 5.41) is 18.0. The second kappa shape index (κ2) is 7.05. The first-order chi connectivity index (χ1) is 11.9. The molecule has 2 heterocycles. The highest BCUT2D eigenvalue weighted by Crippen LogP contribution is 2.22. The zero-order valence-corrected chi connectivity index (χ0v) is 14.3. The number of nitrogens with two attached hydrogens (primary N) is 1. The number of nitrogens with zero attached hydrogens (tertiary/aromatic N) is 3. The molecule has 0 spiro atoms. The molecule has 0 saturated carbocycles. The molecule has 9 nitrogen and oxygen atoms in total. The van der Waals surface area contributed by atoms with Crippen molar-refractivity contribution in [1.82, 2.24) is 20.2 Å². The van der Waals surface area contributed by atoms with E-state index in [2.05, 4.69) is 30.8 Å². The monoisotopic (exact) mass is 379 g/mol. The maximum Gasteiger partial charge on any atom is 0.238 e. The molecule has 0 atom stereocenters. The van der Waals surface area contributed by atoms with E-state index in [1.54, 1.807) is 24.5 Å². The molecule has 25 heavy (non-hydrogen) atoms. The van der Waals surface area contributed by atoms with Crippen LogP contribution in [0.15, 0.2) is 47.8 Å². The van der Waals surface area contributed by atoms with E-state index >= 15 is 0 Å². The molecule has 2 aromatic heterocycles. The van der Waals surface area contributed by atoms with Gasteiger partial charge in [-0.15, -0.1) is 0 Å². The number of nitrogens with one attached hydrogen (secondary N) is 3. The second-order valence-corrected chi connectivity index (χ2v) is 7.01. The standard InChI is InChI=1S/C14H14ClN7O2S/c15-12-8-18-14(21-10-6-19-20-7-10)22-13(12)17-5-9-1-3-11(4-2-9)25(16,23)24/h1-4,6-8H,5H2,(H,19,20)(H2,16,23,24)(H2,17,18,21,22). The Balaban J connectivity index is 1.70. The average molecular weight is 380 g/mol. The van der Waals surface area contributed by atoms with Crippen LogP contribution < -0.4 is 15.8 Å². The van der Waals surface area contributed by atoms with Gasteiger partial charge in [0, 0.05) is 12.7 Å². The van der Waals surface area contributed by atoms with Gasteiger partial charge in [-0.25, -0.2) is 18.5 Å². The molecular weight excluding hydrogens is 366 g/mol. The number of aromatic nitrogens is 4. The van der Waals surface area contributed by atoms with E-state index in [1.165, 1.54) is 18.3 Å². The largest absolute Gasteiger partial charge is 0.365 e. The maximum absolute atomic E-state index is 11.3. The Labute approximate surface area is 148 Å². The zero-order chi connectivity index (χ0) is 17.9. The van der Waals surface area contributed by atoms with Gasteiger partial charge in [-0.3, -0.25) is 5.10 Å². The van der Waals surface area contributed by atoms with Crippen LogP contribution in [-0.2, 0) is 16.6 Å². The smallest absolute Gasteiger partial charge is 0.238 e. The van der Waals surface area contributed by atoms with Gasteiger partial charge in [-0.1, -0.05) is 23.7 Å². The Morgan fingerprint density at radius 2 is 1.96 bits per heavy atom. The number of benzene rings is 1. The Morgan fingerprint density at radius 3 is 2.60 bits per heavy atom. The van der Waals surface area contributed by atoms with Crippen LogP contribution in [0.1, 0.15) is 5.56 Å². The van der Waals surface area contributed by atoms with Gasteiger partial charge in [-0.05, 0) is 17.7 Å². The van der Waals surface area contributed by atoms with Crippen molar-refractivity contribution in [3.63, 3.8) is 0 Å². The molecular formula is C14H14ClN7O2S. The lowest BCUT2D eigenvalue weighted by Gasteiger charge is -2.09. The van der Waals surface area contributed by atoms with E-state index in [0.717, 1.165) is 5.56 Å². The predicted octanol–water partition coefficient (Wildman–Crippen LogP) is 1.86. The Kier molecular flexibility index (Phi) is 4.83. The van der Waals surface area contributed by atoms with E-state index < -0.39 is 10.0 Å². The van der Waals surface area contributed by atoms with E-state index in [1.807, 2.05) is 0 Å². The van der Waals surface area contributed by atoms with Crippen LogP contribution in [0.25, 0.3) is 0 Å². The third-order valence-corrected chi connectivity index (χ3v) is 4.42. The molecule has 0 saturated heterocycles. The summed E-state index contributed by atoms with van der Waals surface area (Å²) in [6, 6.07) is 6.21. The fourth-order valence-electron chi connectivity index (χ4n) is 1.98. The van der Waals surface area contributed by atoms with Crippen molar-refractivity contribution >= 4 is 39.1 Å². The molecule has 0 unspecified atom stereocenters. The first-order valence-corrected chi connectivity index (χ1v) is 8.98. The molecule has 0 bridgehead atoms. The van der Waals surface area contributed by atoms with Gasteiger partial charge >= 0.3 is 0 Å². The van der Waals surface area contributed by atoms with Crippen molar-refractivity contribution in [1.29, 1.82) is 0 Å². The van der Waals surface area contributed by atoms with Gasteiger partial charge in [-0.2, -0.15) is 10.1 Å². The third kappa shape index (κ3) is 4.44. The van der Waals surface area contributed by atoms with Gasteiger partial charge in [0.1, 0.15) is 5.02 Å². The highest BCUT2D eigenvalue weighted by Gasteiger charge is 2.08. The highest BCUT2D eigenvalue weighted by molar-refractivity contribution is 7.89. The fraction of sp³-hybridized carbons (Fsp3) is 0.0714. The Bertz CT molecular complexity index is 959. The molecule has 3 rings (SSSR count). The van der Waals surface area contributed by atoms with E-state index in [9.17, 15) is 8.42 Å². The van der Waals surface area contributed by atoms with Crippen molar-refractivity contribution < 1.29 is 8.42 Å². The summed E-state index contributed by atoms with van der Waals surface area (Å²) in [5.41, 5.74) is 1.55. The number of hydrogen-bond acceptors (Lipinski definition) is 7. The maximum atomic E-state index is 11.3. The second-order valence-electron chi connectivity index (χ2n) is 5.04. The number of primary sulfonamides is 1. The molecule has 0 amide bonds. The number of H-pyrrole nitrogens is 1. The van der Waals surface area contributed by atoms with Gasteiger partial charge in [0.2, 0.25) is 16.0 Å². The Hall–Kier alpha value is -2.69. The minimum absolute atomic E-state index is 0.0583. The van der Waals surface area contributed by atoms with Crippen LogP contribution in [0.4, 0.5) is 17.5 Å². The van der Waals surface area contributed by atoms with Gasteiger partial charge in [0.15, 0.2) is 5.82 Å². The quantitative estimate of drug-likeness (QED) is 0.512. The van der Waals surface area contributed by atoms with Crippen LogP contribution in [-0.4, -0.2) is 28.6 Å². The normalized spacial score (nSPS) is 11.3. The topological polar surface area (TPSA) is 139 Å². The molecule has 3 aromatic rings. The molecule has 0 fully saturated rings. The van der Waals surface area contributed by atoms with Gasteiger partial charge in [0.05, 0.1) is 23.0 Å². The van der Waals surface area contributed by atoms with Crippen molar-refractivity contribution in [2.45, 2.75) is 11.4 Å². The highest BCUT2D eigenvalue weighted by atomic mass is 35.5. The summed E-state index contributed by atoms with van der Waals surface area (Å²) in [4.78, 5) is 8.45. The van der Waals surface area contributed by atoms with Crippen molar-refractivity contribution in [3.05, 3.63) is 53.4 Å². The lowest BCUT2D eigenvalue weighted by molar-refractivity contribution is 0.598. The molecule has 0 aliphatic heterocycles. The fourth-order valence-corrected chi connectivity index (χ4v) is 2.66. The first kappa shape index (κ1) is 17.1. The molecule has 130 valence electrons. The lowest BCUT2D eigenvalue weighted by atomic mass is 10.2. The van der Waals surface area contributed by atoms with Crippen molar-refractivity contribution in [2.75, 3.05) is 10.6 Å². The number of anilines is 3. The van der Waals surface area contributed by atoms with Crippen LogP contribution in [0.3, 0.4) is 0 Å². The zero-order valence-electron chi connectivity index (χ0n) is 12.8. The summed E-state index contributed by atoms with van der Waals surface area (Å²) in [6.07, 6.45) is 4.74. The number of aromatic amines is 1. The summed E-state index contributed by atoms with van der Waals surface area (Å²) in [7, 11) is -3.70. The summed E-state index contributed by atoms with van der Waals surface area (Å²) >= 11 is 6.10. The van der Waals surface area contributed by atoms with E-state index in [-0.39, 0.29) is 4.90 Å². The molecule has 5 N–H and O–H groups in total. The van der Waals surface area contributed by atoms with Crippen molar-refractivity contribution in [3.8, 4) is 0 Å². The summed E-state index contributed by atoms with van der Waals surface area (Å²) in [5.74, 6) is 0.802. The molecule has 11 heteroatoms. The minimum atomic E-state index is -3.70. The number of rotatable bonds is 6. The van der Waals surface area contributed by atoms with E-state index in [0.29, 0.717) is 29.0 Å². The number of halogens is 1. The predicted molar refractivity (Wildman–Crippen MR) is 94.1 cm³/mol. The Morgan fingerprint density at radius 1 is 1.20 bits per heavy atom. The van der Waals surface area contributed by atoms with Crippen molar-refractivity contribution in [2.24, 2.45) is 5.14 Å². The molecule has 1 aromatic carbocycles. The number of sulfonamides is 1. The van der Waals surface area contributed by atoms with Gasteiger partial charge in [0.25, 0.3) is 0 Å². The summed E-state index contributed by atoms with van der Waals surface area (Å²) in [6.45, 7) is 0.396. The molecule has 0 radical (unpaired) electrons.